The summed E-state index contributed by atoms with van der Waals surface area (Å²) in [6.07, 6.45) is -0.147. The molecule has 0 amide bonds. The van der Waals surface area contributed by atoms with Crippen LogP contribution in [-0.4, -0.2) is 44.4 Å². The monoisotopic (exact) mass is 554 g/mol. The number of aromatic nitrogens is 1. The first-order valence-corrected chi connectivity index (χ1v) is 15.3. The van der Waals surface area contributed by atoms with Crippen molar-refractivity contribution in [1.29, 1.82) is 0 Å². The number of Topliss-reactive ketones (excluding diaryl/α,β-unsaturated/α-hetero) is 1. The van der Waals surface area contributed by atoms with Crippen molar-refractivity contribution >= 4 is 41.8 Å². The Balaban J connectivity index is 1.88. The van der Waals surface area contributed by atoms with Crippen molar-refractivity contribution in [2.45, 2.75) is 65.4 Å². The fraction of sp³-hybridized carbons (Fsp3) is 0.400. The highest BCUT2D eigenvalue weighted by Crippen LogP contribution is 2.40. The Morgan fingerprint density at radius 1 is 1.05 bits per heavy atom. The van der Waals surface area contributed by atoms with Gasteiger partial charge < -0.3 is 14.1 Å². The van der Waals surface area contributed by atoms with E-state index in [-0.39, 0.29) is 34.6 Å². The quantitative estimate of drug-likeness (QED) is 0.274. The summed E-state index contributed by atoms with van der Waals surface area (Å²) in [5, 5.41) is 1.88. The van der Waals surface area contributed by atoms with Crippen molar-refractivity contribution in [1.82, 2.24) is 4.98 Å². The Hall–Kier alpha value is -2.58. The van der Waals surface area contributed by atoms with Crippen molar-refractivity contribution in [3.8, 4) is 0 Å². The van der Waals surface area contributed by atoms with Gasteiger partial charge in [-0.05, 0) is 29.3 Å². The normalized spacial score (nSPS) is 18.5. The van der Waals surface area contributed by atoms with Crippen LogP contribution in [0.2, 0.25) is 10.1 Å². The third kappa shape index (κ3) is 5.43. The molecule has 0 N–H and O–H groups in total. The lowest BCUT2D eigenvalue weighted by Crippen LogP contribution is -2.66. The molecule has 1 aliphatic rings. The van der Waals surface area contributed by atoms with Gasteiger partial charge in [-0.3, -0.25) is 4.79 Å². The number of carbonyl (C=O) groups excluding carboxylic acids is 1. The molecule has 1 aliphatic heterocycles. The van der Waals surface area contributed by atoms with E-state index < -0.39 is 19.9 Å². The Morgan fingerprint density at radius 3 is 2.00 bits per heavy atom. The minimum atomic E-state index is -2.91. The van der Waals surface area contributed by atoms with Gasteiger partial charge in [-0.15, -0.1) is 0 Å². The third-order valence-electron chi connectivity index (χ3n) is 7.04. The van der Waals surface area contributed by atoms with E-state index in [9.17, 15) is 4.79 Å². The van der Waals surface area contributed by atoms with Crippen molar-refractivity contribution in [3.05, 3.63) is 82.9 Å². The fourth-order valence-corrected chi connectivity index (χ4v) is 10.4. The minimum Gasteiger partial charge on any atom is -0.401 e. The molecule has 38 heavy (non-hydrogen) atoms. The zero-order chi connectivity index (χ0) is 27.7. The van der Waals surface area contributed by atoms with Crippen LogP contribution in [0.25, 0.3) is 0 Å². The molecule has 202 valence electrons. The molecule has 8 heteroatoms. The zero-order valence-electron chi connectivity index (χ0n) is 22.9. The molecule has 1 fully saturated rings. The maximum atomic E-state index is 15.3. The van der Waals surface area contributed by atoms with Crippen molar-refractivity contribution < 1.29 is 18.3 Å². The molecule has 0 spiro atoms. The number of hydrogen-bond donors (Lipinski definition) is 0. The molecule has 1 aromatic heterocycles. The van der Waals surface area contributed by atoms with Gasteiger partial charge in [0.2, 0.25) is 0 Å². The summed E-state index contributed by atoms with van der Waals surface area (Å²) in [4.78, 5) is 18.9. The van der Waals surface area contributed by atoms with Gasteiger partial charge in [0.1, 0.15) is 10.7 Å². The number of carbonyl (C=O) groups is 1. The van der Waals surface area contributed by atoms with Crippen LogP contribution in [-0.2, 0) is 15.8 Å². The summed E-state index contributed by atoms with van der Waals surface area (Å²) in [6, 6.07) is 20.5. The average Bonchev–Trinajstić information content (AvgIpc) is 2.86. The molecule has 2 aromatic carbocycles. The summed E-state index contributed by atoms with van der Waals surface area (Å²) in [7, 11) is -2.91. The number of pyridine rings is 1. The van der Waals surface area contributed by atoms with Gasteiger partial charge in [0.05, 0.1) is 30.2 Å². The molecule has 3 aromatic rings. The molecule has 1 saturated heterocycles. The number of hydrogen-bond acceptors (Lipinski definition) is 5. The highest BCUT2D eigenvalue weighted by atomic mass is 35.5. The standard InChI is InChI=1S/C30H36ClFN2O3Si/c1-20-17-34(18-21(2)37-20)29-25(33-28(22(3)35)27(32)26(29)31)19-36-38(30(4,5)6,23-13-9-7-10-14-23)24-15-11-8-12-16-24/h7-16,20-21H,17-19H2,1-6H3. The van der Waals surface area contributed by atoms with Crippen LogP contribution in [0, 0.1) is 5.82 Å². The molecule has 2 atom stereocenters. The topological polar surface area (TPSA) is 51.7 Å². The lowest BCUT2D eigenvalue weighted by molar-refractivity contribution is -0.00535. The Labute approximate surface area is 231 Å². The molecule has 4 rings (SSSR count). The van der Waals surface area contributed by atoms with E-state index in [0.29, 0.717) is 24.5 Å². The zero-order valence-corrected chi connectivity index (χ0v) is 24.7. The summed E-state index contributed by atoms with van der Waals surface area (Å²) in [6.45, 7) is 12.9. The summed E-state index contributed by atoms with van der Waals surface area (Å²) in [5.41, 5.74) is 0.652. The van der Waals surface area contributed by atoms with Crippen LogP contribution in [0.4, 0.5) is 10.1 Å². The third-order valence-corrected chi connectivity index (χ3v) is 12.4. The van der Waals surface area contributed by atoms with Crippen molar-refractivity contribution in [3.63, 3.8) is 0 Å². The molecule has 0 aliphatic carbocycles. The largest absolute Gasteiger partial charge is 0.401 e. The number of morpholine rings is 1. The predicted octanol–water partition coefficient (Wildman–Crippen LogP) is 5.77. The van der Waals surface area contributed by atoms with E-state index in [1.807, 2.05) is 55.1 Å². The highest BCUT2D eigenvalue weighted by molar-refractivity contribution is 6.99. The fourth-order valence-electron chi connectivity index (χ4n) is 5.53. The number of ketones is 1. The first-order chi connectivity index (χ1) is 18.0. The number of anilines is 1. The molecular formula is C30H36ClFN2O3Si. The maximum absolute atomic E-state index is 15.3. The van der Waals surface area contributed by atoms with E-state index >= 15 is 4.39 Å². The lowest BCUT2D eigenvalue weighted by atomic mass is 10.1. The Bertz CT molecular complexity index is 1230. The molecule has 0 radical (unpaired) electrons. The highest BCUT2D eigenvalue weighted by Gasteiger charge is 2.50. The molecule has 5 nitrogen and oxygen atoms in total. The van der Waals surface area contributed by atoms with Crippen LogP contribution in [0.1, 0.15) is 57.7 Å². The second-order valence-electron chi connectivity index (χ2n) is 11.1. The Morgan fingerprint density at radius 2 is 1.55 bits per heavy atom. The summed E-state index contributed by atoms with van der Waals surface area (Å²) >= 11 is 6.66. The molecular weight excluding hydrogens is 519 g/mol. The van der Waals surface area contributed by atoms with E-state index in [0.717, 1.165) is 10.4 Å². The van der Waals surface area contributed by atoms with E-state index in [1.54, 1.807) is 0 Å². The van der Waals surface area contributed by atoms with Crippen LogP contribution >= 0.6 is 11.6 Å². The maximum Gasteiger partial charge on any atom is 0.261 e. The SMILES string of the molecule is CC(=O)c1nc(CO[Si](c2ccccc2)(c2ccccc2)C(C)(C)C)c(N2CC(C)OC(C)C2)c(Cl)c1F. The predicted molar refractivity (Wildman–Crippen MR) is 154 cm³/mol. The van der Waals surface area contributed by atoms with Gasteiger partial charge in [0.15, 0.2) is 11.6 Å². The second-order valence-corrected chi connectivity index (χ2v) is 15.7. The molecule has 2 unspecified atom stereocenters. The summed E-state index contributed by atoms with van der Waals surface area (Å²) < 4.78 is 28.3. The van der Waals surface area contributed by atoms with Crippen LogP contribution in [0.15, 0.2) is 60.7 Å². The smallest absolute Gasteiger partial charge is 0.261 e. The Kier molecular flexibility index (Phi) is 8.42. The minimum absolute atomic E-state index is 0.0724. The second kappa shape index (κ2) is 11.3. The van der Waals surface area contributed by atoms with Crippen molar-refractivity contribution in [2.75, 3.05) is 18.0 Å². The van der Waals surface area contributed by atoms with Gasteiger partial charge >= 0.3 is 0 Å². The van der Waals surface area contributed by atoms with Crippen LogP contribution in [0.3, 0.4) is 0 Å². The van der Waals surface area contributed by atoms with Crippen molar-refractivity contribution in [2.24, 2.45) is 0 Å². The number of benzene rings is 2. The first-order valence-electron chi connectivity index (χ1n) is 13.0. The van der Waals surface area contributed by atoms with Crippen LogP contribution < -0.4 is 15.3 Å². The van der Waals surface area contributed by atoms with Crippen LogP contribution in [0.5, 0.6) is 0 Å². The lowest BCUT2D eigenvalue weighted by Gasteiger charge is -2.43. The molecule has 0 bridgehead atoms. The van der Waals surface area contributed by atoms with Gasteiger partial charge in [0.25, 0.3) is 8.32 Å². The van der Waals surface area contributed by atoms with Gasteiger partial charge in [0, 0.05) is 20.0 Å². The number of rotatable bonds is 7. The number of halogens is 2. The first kappa shape index (κ1) is 28.4. The average molecular weight is 555 g/mol. The number of nitrogens with zero attached hydrogens (tertiary/aromatic N) is 2. The number of ether oxygens (including phenoxy) is 1. The molecule has 0 saturated carbocycles. The summed E-state index contributed by atoms with van der Waals surface area (Å²) in [5.74, 6) is -1.28. The van der Waals surface area contributed by atoms with E-state index in [2.05, 4.69) is 50.0 Å². The van der Waals surface area contributed by atoms with Gasteiger partial charge in [-0.1, -0.05) is 93.0 Å². The van der Waals surface area contributed by atoms with E-state index in [1.165, 1.54) is 6.92 Å². The molecule has 2 heterocycles. The van der Waals surface area contributed by atoms with E-state index in [4.69, 9.17) is 20.8 Å². The van der Waals surface area contributed by atoms with Gasteiger partial charge in [-0.25, -0.2) is 9.37 Å². The van der Waals surface area contributed by atoms with Gasteiger partial charge in [-0.2, -0.15) is 0 Å².